The van der Waals surface area contributed by atoms with Gasteiger partial charge in [0.1, 0.15) is 11.5 Å². The second-order valence-electron chi connectivity index (χ2n) is 5.40. The number of nitrogens with one attached hydrogen (secondary N) is 1. The SMILES string of the molecule is CCOc1ccccc1NC(=O)c1ccccc1OCc1noc(C)n1. The van der Waals surface area contributed by atoms with Crippen molar-refractivity contribution < 1.29 is 18.8 Å². The quantitative estimate of drug-likeness (QED) is 0.698. The number of ether oxygens (including phenoxy) is 2. The highest BCUT2D eigenvalue weighted by Gasteiger charge is 2.15. The first-order valence-electron chi connectivity index (χ1n) is 8.21. The number of hydrogen-bond donors (Lipinski definition) is 1. The van der Waals surface area contributed by atoms with Gasteiger partial charge in [-0.3, -0.25) is 4.79 Å². The van der Waals surface area contributed by atoms with Crippen molar-refractivity contribution in [3.05, 3.63) is 65.8 Å². The predicted octanol–water partition coefficient (Wildman–Crippen LogP) is 3.61. The molecule has 0 saturated heterocycles. The number of nitrogens with zero attached hydrogens (tertiary/aromatic N) is 2. The van der Waals surface area contributed by atoms with Gasteiger partial charge < -0.3 is 19.3 Å². The van der Waals surface area contributed by atoms with E-state index in [2.05, 4.69) is 15.5 Å². The van der Waals surface area contributed by atoms with Gasteiger partial charge in [0.2, 0.25) is 11.7 Å². The van der Waals surface area contributed by atoms with Gasteiger partial charge in [-0.2, -0.15) is 4.98 Å². The third kappa shape index (κ3) is 4.18. The number of aryl methyl sites for hydroxylation is 1. The minimum absolute atomic E-state index is 0.108. The summed E-state index contributed by atoms with van der Waals surface area (Å²) in [5, 5.41) is 6.64. The number of anilines is 1. The Morgan fingerprint density at radius 3 is 2.54 bits per heavy atom. The molecule has 1 amide bonds. The van der Waals surface area contributed by atoms with E-state index in [1.165, 1.54) is 0 Å². The third-order valence-corrected chi connectivity index (χ3v) is 3.49. The van der Waals surface area contributed by atoms with E-state index in [4.69, 9.17) is 14.0 Å². The smallest absolute Gasteiger partial charge is 0.259 e. The molecular formula is C19H19N3O4. The lowest BCUT2D eigenvalue weighted by atomic mass is 10.1. The van der Waals surface area contributed by atoms with Crippen LogP contribution in [0.25, 0.3) is 0 Å². The molecule has 2 aromatic carbocycles. The number of benzene rings is 2. The molecule has 0 aliphatic carbocycles. The molecule has 0 fully saturated rings. The first-order chi connectivity index (χ1) is 12.7. The Morgan fingerprint density at radius 2 is 1.81 bits per heavy atom. The van der Waals surface area contributed by atoms with Crippen LogP contribution in [0.3, 0.4) is 0 Å². The lowest BCUT2D eigenvalue weighted by molar-refractivity contribution is 0.102. The van der Waals surface area contributed by atoms with E-state index in [-0.39, 0.29) is 12.5 Å². The van der Waals surface area contributed by atoms with Gasteiger partial charge in [-0.05, 0) is 31.2 Å². The summed E-state index contributed by atoms with van der Waals surface area (Å²) in [6.07, 6.45) is 0. The zero-order valence-corrected chi connectivity index (χ0v) is 14.6. The Kier molecular flexibility index (Phi) is 5.48. The third-order valence-electron chi connectivity index (χ3n) is 3.49. The average Bonchev–Trinajstić information content (AvgIpc) is 3.07. The summed E-state index contributed by atoms with van der Waals surface area (Å²) >= 11 is 0. The molecule has 0 aliphatic rings. The Bertz CT molecular complexity index is 892. The number of amides is 1. The van der Waals surface area contributed by atoms with Gasteiger partial charge in [-0.25, -0.2) is 0 Å². The van der Waals surface area contributed by atoms with Crippen molar-refractivity contribution in [2.75, 3.05) is 11.9 Å². The van der Waals surface area contributed by atoms with Crippen LogP contribution >= 0.6 is 0 Å². The van der Waals surface area contributed by atoms with Gasteiger partial charge >= 0.3 is 0 Å². The maximum absolute atomic E-state index is 12.7. The number of rotatable bonds is 7. The van der Waals surface area contributed by atoms with Crippen LogP contribution in [0.15, 0.2) is 53.1 Å². The highest BCUT2D eigenvalue weighted by atomic mass is 16.5. The zero-order valence-electron chi connectivity index (χ0n) is 14.6. The Labute approximate surface area is 150 Å². The van der Waals surface area contributed by atoms with Crippen LogP contribution in [0.1, 0.15) is 29.0 Å². The van der Waals surface area contributed by atoms with Gasteiger partial charge in [0.05, 0.1) is 17.9 Å². The van der Waals surface area contributed by atoms with Crippen molar-refractivity contribution >= 4 is 11.6 Å². The summed E-state index contributed by atoms with van der Waals surface area (Å²) in [5.41, 5.74) is 1.00. The summed E-state index contributed by atoms with van der Waals surface area (Å²) in [6.45, 7) is 4.21. The van der Waals surface area contributed by atoms with Crippen molar-refractivity contribution in [1.29, 1.82) is 0 Å². The van der Waals surface area contributed by atoms with Crippen molar-refractivity contribution in [2.24, 2.45) is 0 Å². The molecule has 3 aromatic rings. The highest BCUT2D eigenvalue weighted by molar-refractivity contribution is 6.06. The minimum atomic E-state index is -0.294. The molecule has 0 spiro atoms. The molecule has 134 valence electrons. The van der Waals surface area contributed by atoms with Crippen molar-refractivity contribution in [1.82, 2.24) is 10.1 Å². The summed E-state index contributed by atoms with van der Waals surface area (Å²) in [7, 11) is 0. The molecule has 1 heterocycles. The number of para-hydroxylation sites is 3. The predicted molar refractivity (Wildman–Crippen MR) is 95.4 cm³/mol. The van der Waals surface area contributed by atoms with Gasteiger partial charge in [0.25, 0.3) is 5.91 Å². The standard InChI is InChI=1S/C19H19N3O4/c1-3-24-17-11-7-5-9-15(17)21-19(23)14-8-4-6-10-16(14)25-12-18-20-13(2)26-22-18/h4-11H,3,12H2,1-2H3,(H,21,23). The first kappa shape index (κ1) is 17.5. The highest BCUT2D eigenvalue weighted by Crippen LogP contribution is 2.26. The largest absolute Gasteiger partial charge is 0.492 e. The Hall–Kier alpha value is -3.35. The van der Waals surface area contributed by atoms with Gasteiger partial charge in [0, 0.05) is 6.92 Å². The van der Waals surface area contributed by atoms with E-state index in [0.717, 1.165) is 0 Å². The van der Waals surface area contributed by atoms with E-state index in [9.17, 15) is 4.79 Å². The lowest BCUT2D eigenvalue weighted by Gasteiger charge is -2.13. The van der Waals surface area contributed by atoms with E-state index < -0.39 is 0 Å². The van der Waals surface area contributed by atoms with Crippen LogP contribution in [0.5, 0.6) is 11.5 Å². The molecule has 1 aromatic heterocycles. The fourth-order valence-electron chi connectivity index (χ4n) is 2.36. The van der Waals surface area contributed by atoms with E-state index >= 15 is 0 Å². The van der Waals surface area contributed by atoms with Crippen LogP contribution in [0, 0.1) is 6.92 Å². The molecule has 7 nitrogen and oxygen atoms in total. The second-order valence-corrected chi connectivity index (χ2v) is 5.40. The summed E-state index contributed by atoms with van der Waals surface area (Å²) in [6, 6.07) is 14.3. The number of aromatic nitrogens is 2. The van der Waals surface area contributed by atoms with Gasteiger partial charge in [-0.1, -0.05) is 29.4 Å². The van der Waals surface area contributed by atoms with Crippen molar-refractivity contribution in [2.45, 2.75) is 20.5 Å². The van der Waals surface area contributed by atoms with Crippen molar-refractivity contribution in [3.8, 4) is 11.5 Å². The van der Waals surface area contributed by atoms with E-state index in [1.54, 1.807) is 43.3 Å². The maximum Gasteiger partial charge on any atom is 0.259 e. The van der Waals surface area contributed by atoms with Gasteiger partial charge in [-0.15, -0.1) is 0 Å². The summed E-state index contributed by atoms with van der Waals surface area (Å²) in [5.74, 6) is 1.63. The number of hydrogen-bond acceptors (Lipinski definition) is 6. The van der Waals surface area contributed by atoms with E-state index in [0.29, 0.717) is 41.1 Å². The molecule has 3 rings (SSSR count). The summed E-state index contributed by atoms with van der Waals surface area (Å²) < 4.78 is 16.1. The lowest BCUT2D eigenvalue weighted by Crippen LogP contribution is -2.14. The topological polar surface area (TPSA) is 86.5 Å². The van der Waals surface area contributed by atoms with Crippen LogP contribution in [-0.4, -0.2) is 22.7 Å². The molecular weight excluding hydrogens is 334 g/mol. The van der Waals surface area contributed by atoms with Crippen LogP contribution in [-0.2, 0) is 6.61 Å². The van der Waals surface area contributed by atoms with Crippen molar-refractivity contribution in [3.63, 3.8) is 0 Å². The fourth-order valence-corrected chi connectivity index (χ4v) is 2.36. The molecule has 0 atom stereocenters. The summed E-state index contributed by atoms with van der Waals surface area (Å²) in [4.78, 5) is 16.8. The minimum Gasteiger partial charge on any atom is -0.492 e. The average molecular weight is 353 g/mol. The molecule has 26 heavy (non-hydrogen) atoms. The molecule has 1 N–H and O–H groups in total. The Morgan fingerprint density at radius 1 is 1.08 bits per heavy atom. The van der Waals surface area contributed by atoms with Crippen LogP contribution < -0.4 is 14.8 Å². The Balaban J connectivity index is 1.75. The monoisotopic (exact) mass is 353 g/mol. The first-order valence-corrected chi connectivity index (χ1v) is 8.21. The normalized spacial score (nSPS) is 10.4. The fraction of sp³-hybridized carbons (Fsp3) is 0.211. The zero-order chi connectivity index (χ0) is 18.4. The molecule has 0 saturated carbocycles. The second kappa shape index (κ2) is 8.15. The molecule has 0 bridgehead atoms. The van der Waals surface area contributed by atoms with Crippen LogP contribution in [0.2, 0.25) is 0 Å². The maximum atomic E-state index is 12.7. The molecule has 7 heteroatoms. The van der Waals surface area contributed by atoms with Crippen LogP contribution in [0.4, 0.5) is 5.69 Å². The van der Waals surface area contributed by atoms with Gasteiger partial charge in [0.15, 0.2) is 6.61 Å². The molecule has 0 radical (unpaired) electrons. The number of carbonyl (C=O) groups excluding carboxylic acids is 1. The molecule has 0 aliphatic heterocycles. The number of carbonyl (C=O) groups is 1. The molecule has 0 unspecified atom stereocenters. The van der Waals surface area contributed by atoms with E-state index in [1.807, 2.05) is 19.1 Å².